The van der Waals surface area contributed by atoms with E-state index in [0.717, 1.165) is 11.3 Å². The average Bonchev–Trinajstić information content (AvgIpc) is 2.28. The molecule has 1 rings (SSSR count). The number of nitrogens with two attached hydrogens (primary N) is 1. The van der Waals surface area contributed by atoms with Gasteiger partial charge in [0.25, 0.3) is 0 Å². The van der Waals surface area contributed by atoms with Crippen molar-refractivity contribution in [2.24, 2.45) is 0 Å². The SMILES string of the molecule is CC(C)[Si](C#Cc1cccc(N)c1)(C(C)C)C(C)C. The highest BCUT2D eigenvalue weighted by Gasteiger charge is 2.41. The van der Waals surface area contributed by atoms with Crippen LogP contribution in [0.25, 0.3) is 0 Å². The van der Waals surface area contributed by atoms with Crippen molar-refractivity contribution in [2.75, 3.05) is 5.73 Å². The normalized spacial score (nSPS) is 11.8. The summed E-state index contributed by atoms with van der Waals surface area (Å²) in [6.45, 7) is 14.0. The number of nitrogen functional groups attached to an aromatic ring is 1. The van der Waals surface area contributed by atoms with Gasteiger partial charge in [-0.25, -0.2) is 0 Å². The fourth-order valence-electron chi connectivity index (χ4n) is 3.23. The van der Waals surface area contributed by atoms with Gasteiger partial charge in [-0.2, -0.15) is 0 Å². The third kappa shape index (κ3) is 3.42. The molecule has 0 radical (unpaired) electrons. The quantitative estimate of drug-likeness (QED) is 0.476. The summed E-state index contributed by atoms with van der Waals surface area (Å²) in [4.78, 5) is 0. The van der Waals surface area contributed by atoms with Gasteiger partial charge in [-0.15, -0.1) is 5.54 Å². The van der Waals surface area contributed by atoms with Crippen molar-refractivity contribution in [1.82, 2.24) is 0 Å². The van der Waals surface area contributed by atoms with Crippen LogP contribution in [-0.2, 0) is 0 Å². The number of hydrogen-bond acceptors (Lipinski definition) is 1. The summed E-state index contributed by atoms with van der Waals surface area (Å²) in [6.07, 6.45) is 0. The van der Waals surface area contributed by atoms with Crippen LogP contribution in [0.2, 0.25) is 16.6 Å². The van der Waals surface area contributed by atoms with E-state index in [1.54, 1.807) is 0 Å². The van der Waals surface area contributed by atoms with Gasteiger partial charge in [-0.05, 0) is 34.8 Å². The Morgan fingerprint density at radius 2 is 1.47 bits per heavy atom. The highest BCUT2D eigenvalue weighted by molar-refractivity contribution is 6.90. The van der Waals surface area contributed by atoms with Crippen molar-refractivity contribution < 1.29 is 0 Å². The van der Waals surface area contributed by atoms with Crippen LogP contribution in [0.15, 0.2) is 24.3 Å². The molecule has 0 heterocycles. The molecule has 2 heteroatoms. The average molecular weight is 273 g/mol. The summed E-state index contributed by atoms with van der Waals surface area (Å²) in [5, 5.41) is 0. The molecular weight excluding hydrogens is 246 g/mol. The zero-order valence-electron chi connectivity index (χ0n) is 13.1. The molecule has 19 heavy (non-hydrogen) atoms. The molecule has 0 aromatic heterocycles. The highest BCUT2D eigenvalue weighted by atomic mass is 28.3. The van der Waals surface area contributed by atoms with E-state index in [1.165, 1.54) is 0 Å². The van der Waals surface area contributed by atoms with Gasteiger partial charge < -0.3 is 5.73 Å². The van der Waals surface area contributed by atoms with Gasteiger partial charge in [0.15, 0.2) is 0 Å². The van der Waals surface area contributed by atoms with Crippen molar-refractivity contribution in [3.05, 3.63) is 29.8 Å². The van der Waals surface area contributed by atoms with Gasteiger partial charge in [0.2, 0.25) is 0 Å². The maximum Gasteiger partial charge on any atom is 0.146 e. The molecule has 0 fully saturated rings. The minimum atomic E-state index is -1.63. The molecule has 2 N–H and O–H groups in total. The molecule has 0 aliphatic rings. The van der Waals surface area contributed by atoms with Crippen LogP contribution < -0.4 is 5.73 Å². The Morgan fingerprint density at radius 1 is 0.947 bits per heavy atom. The first-order chi connectivity index (χ1) is 8.80. The van der Waals surface area contributed by atoms with Gasteiger partial charge in [-0.1, -0.05) is 53.5 Å². The van der Waals surface area contributed by atoms with Crippen molar-refractivity contribution in [1.29, 1.82) is 0 Å². The summed E-state index contributed by atoms with van der Waals surface area (Å²) in [5.41, 5.74) is 13.4. The third-order valence-corrected chi connectivity index (χ3v) is 10.5. The topological polar surface area (TPSA) is 26.0 Å². The summed E-state index contributed by atoms with van der Waals surface area (Å²) < 4.78 is 0. The van der Waals surface area contributed by atoms with Gasteiger partial charge in [0.1, 0.15) is 8.07 Å². The Bertz CT molecular complexity index is 456. The maximum atomic E-state index is 5.82. The number of rotatable bonds is 3. The van der Waals surface area contributed by atoms with Crippen LogP contribution in [0, 0.1) is 11.5 Å². The first-order valence-electron chi connectivity index (χ1n) is 7.19. The van der Waals surface area contributed by atoms with E-state index in [1.807, 2.05) is 24.3 Å². The molecule has 0 spiro atoms. The molecule has 0 aliphatic heterocycles. The Morgan fingerprint density at radius 3 is 1.89 bits per heavy atom. The molecule has 0 aliphatic carbocycles. The minimum Gasteiger partial charge on any atom is -0.399 e. The van der Waals surface area contributed by atoms with Crippen LogP contribution in [0.3, 0.4) is 0 Å². The standard InChI is InChI=1S/C17H27NSi/c1-13(2)19(14(3)4,15(5)6)11-10-16-8-7-9-17(18)12-16/h7-9,12-15H,18H2,1-6H3. The predicted octanol–water partition coefficient (Wildman–Crippen LogP) is 4.84. The maximum absolute atomic E-state index is 5.82. The number of benzene rings is 1. The molecule has 0 saturated carbocycles. The number of anilines is 1. The smallest absolute Gasteiger partial charge is 0.146 e. The van der Waals surface area contributed by atoms with E-state index < -0.39 is 8.07 Å². The van der Waals surface area contributed by atoms with Crippen molar-refractivity contribution in [3.63, 3.8) is 0 Å². The highest BCUT2D eigenvalue weighted by Crippen LogP contribution is 2.40. The van der Waals surface area contributed by atoms with E-state index in [2.05, 4.69) is 53.0 Å². The summed E-state index contributed by atoms with van der Waals surface area (Å²) >= 11 is 0. The fraction of sp³-hybridized carbons (Fsp3) is 0.529. The van der Waals surface area contributed by atoms with E-state index in [-0.39, 0.29) is 0 Å². The zero-order valence-corrected chi connectivity index (χ0v) is 14.1. The second kappa shape index (κ2) is 6.30. The minimum absolute atomic E-state index is 0.668. The molecule has 0 saturated heterocycles. The molecule has 0 unspecified atom stereocenters. The lowest BCUT2D eigenvalue weighted by molar-refractivity contribution is 0.838. The van der Waals surface area contributed by atoms with E-state index in [4.69, 9.17) is 5.73 Å². The van der Waals surface area contributed by atoms with Crippen LogP contribution >= 0.6 is 0 Å². The molecule has 0 amide bonds. The van der Waals surface area contributed by atoms with Gasteiger partial charge in [0, 0.05) is 11.3 Å². The van der Waals surface area contributed by atoms with E-state index in [0.29, 0.717) is 16.6 Å². The van der Waals surface area contributed by atoms with Gasteiger partial charge >= 0.3 is 0 Å². The largest absolute Gasteiger partial charge is 0.399 e. The predicted molar refractivity (Wildman–Crippen MR) is 88.8 cm³/mol. The summed E-state index contributed by atoms with van der Waals surface area (Å²) in [6, 6.07) is 7.89. The summed E-state index contributed by atoms with van der Waals surface area (Å²) in [7, 11) is -1.63. The van der Waals surface area contributed by atoms with Gasteiger partial charge in [-0.3, -0.25) is 0 Å². The monoisotopic (exact) mass is 273 g/mol. The fourth-order valence-corrected chi connectivity index (χ4v) is 8.46. The third-order valence-electron chi connectivity index (χ3n) is 4.18. The molecule has 1 aromatic rings. The Kier molecular flexibility index (Phi) is 5.26. The molecule has 1 aromatic carbocycles. The lowest BCUT2D eigenvalue weighted by Crippen LogP contribution is -2.43. The molecule has 104 valence electrons. The van der Waals surface area contributed by atoms with Gasteiger partial charge in [0.05, 0.1) is 0 Å². The molecule has 0 atom stereocenters. The number of hydrogen-bond donors (Lipinski definition) is 1. The first-order valence-corrected chi connectivity index (χ1v) is 9.42. The van der Waals surface area contributed by atoms with Crippen molar-refractivity contribution in [3.8, 4) is 11.5 Å². The second-order valence-electron chi connectivity index (χ2n) is 6.27. The van der Waals surface area contributed by atoms with Crippen LogP contribution in [0.4, 0.5) is 5.69 Å². The van der Waals surface area contributed by atoms with Crippen molar-refractivity contribution in [2.45, 2.75) is 58.2 Å². The Labute approximate surface area is 119 Å². The Balaban J connectivity index is 3.23. The lowest BCUT2D eigenvalue weighted by Gasteiger charge is -2.38. The zero-order chi connectivity index (χ0) is 14.6. The van der Waals surface area contributed by atoms with Crippen LogP contribution in [0.1, 0.15) is 47.1 Å². The van der Waals surface area contributed by atoms with Crippen LogP contribution in [0.5, 0.6) is 0 Å². The van der Waals surface area contributed by atoms with Crippen molar-refractivity contribution >= 4 is 13.8 Å². The van der Waals surface area contributed by atoms with E-state index in [9.17, 15) is 0 Å². The van der Waals surface area contributed by atoms with Crippen LogP contribution in [-0.4, -0.2) is 8.07 Å². The Hall–Kier alpha value is -1.20. The second-order valence-corrected chi connectivity index (χ2v) is 11.9. The molecular formula is C17H27NSi. The summed E-state index contributed by atoms with van der Waals surface area (Å²) in [5.74, 6) is 3.40. The first kappa shape index (κ1) is 15.9. The van der Waals surface area contributed by atoms with E-state index >= 15 is 0 Å². The molecule has 1 nitrogen and oxygen atoms in total. The lowest BCUT2D eigenvalue weighted by atomic mass is 10.2. The molecule has 0 bridgehead atoms.